The fourth-order valence-electron chi connectivity index (χ4n) is 2.14. The normalized spacial score (nSPS) is 12.1. The minimum absolute atomic E-state index is 0.0256. The Morgan fingerprint density at radius 3 is 2.83 bits per heavy atom. The zero-order chi connectivity index (χ0) is 17.3. The predicted octanol–water partition coefficient (Wildman–Crippen LogP) is 3.14. The van der Waals surface area contributed by atoms with Crippen molar-refractivity contribution >= 4 is 38.8 Å². The first-order valence-corrected chi connectivity index (χ1v) is 7.82. The second kappa shape index (κ2) is 6.48. The largest absolute Gasteiger partial charge is 0.467 e. The van der Waals surface area contributed by atoms with Crippen LogP contribution in [0, 0.1) is 0 Å². The van der Waals surface area contributed by atoms with Crippen LogP contribution in [0.4, 0.5) is 0 Å². The summed E-state index contributed by atoms with van der Waals surface area (Å²) < 4.78 is 16.2. The number of ether oxygens (including phenoxy) is 1. The number of hydrogen-bond acceptors (Lipinski definition) is 6. The molecule has 24 heavy (non-hydrogen) atoms. The van der Waals surface area contributed by atoms with Crippen LogP contribution in [-0.4, -0.2) is 30.2 Å². The number of amides is 1. The van der Waals surface area contributed by atoms with E-state index in [0.717, 1.165) is 9.86 Å². The van der Waals surface area contributed by atoms with E-state index < -0.39 is 17.9 Å². The fourth-order valence-corrected chi connectivity index (χ4v) is 2.52. The average molecular weight is 393 g/mol. The number of hydrogen-bond donors (Lipinski definition) is 1. The molecule has 0 unspecified atom stereocenters. The Hall–Kier alpha value is -2.61. The lowest BCUT2D eigenvalue weighted by Crippen LogP contribution is -2.38. The quantitative estimate of drug-likeness (QED) is 0.685. The summed E-state index contributed by atoms with van der Waals surface area (Å²) in [5, 5.41) is 7.20. The highest BCUT2D eigenvalue weighted by Crippen LogP contribution is 2.29. The average Bonchev–Trinajstić information content (AvgIpc) is 3.19. The van der Waals surface area contributed by atoms with Gasteiger partial charge in [0, 0.05) is 15.9 Å². The summed E-state index contributed by atoms with van der Waals surface area (Å²) in [6, 6.07) is 8.07. The maximum atomic E-state index is 12.0. The third kappa shape index (κ3) is 3.18. The Labute approximate surface area is 145 Å². The minimum atomic E-state index is -0.792. The Bertz CT molecular complexity index is 914. The molecule has 0 bridgehead atoms. The van der Waals surface area contributed by atoms with Crippen molar-refractivity contribution in [3.05, 3.63) is 40.6 Å². The molecule has 8 heteroatoms. The van der Waals surface area contributed by atoms with Gasteiger partial charge in [-0.2, -0.15) is 0 Å². The van der Waals surface area contributed by atoms with Gasteiger partial charge >= 0.3 is 5.97 Å². The van der Waals surface area contributed by atoms with Gasteiger partial charge in [0.05, 0.1) is 7.11 Å². The molecule has 1 amide bonds. The van der Waals surface area contributed by atoms with E-state index in [0.29, 0.717) is 17.0 Å². The van der Waals surface area contributed by atoms with Gasteiger partial charge in [-0.15, -0.1) is 0 Å². The molecule has 0 saturated heterocycles. The molecule has 1 aromatic carbocycles. The lowest BCUT2D eigenvalue weighted by Gasteiger charge is -2.09. The SMILES string of the molecule is COC(=O)[C@@H](C)NC(=O)c1cc(-c2cc3cc(Br)ccc3o2)no1. The minimum Gasteiger partial charge on any atom is -0.467 e. The van der Waals surface area contributed by atoms with E-state index in [-0.39, 0.29) is 5.76 Å². The molecule has 3 aromatic rings. The van der Waals surface area contributed by atoms with Crippen molar-refractivity contribution < 1.29 is 23.3 Å². The van der Waals surface area contributed by atoms with Crippen molar-refractivity contribution in [3.63, 3.8) is 0 Å². The van der Waals surface area contributed by atoms with Gasteiger partial charge in [-0.25, -0.2) is 4.79 Å². The number of benzene rings is 1. The number of esters is 1. The fraction of sp³-hybridized carbons (Fsp3) is 0.188. The number of carbonyl (C=O) groups is 2. The first-order valence-electron chi connectivity index (χ1n) is 7.03. The number of aromatic nitrogens is 1. The number of rotatable bonds is 4. The van der Waals surface area contributed by atoms with Gasteiger partial charge in [-0.1, -0.05) is 21.1 Å². The Balaban J connectivity index is 1.81. The molecular weight excluding hydrogens is 380 g/mol. The number of nitrogens with one attached hydrogen (secondary N) is 1. The Kier molecular flexibility index (Phi) is 4.39. The first-order chi connectivity index (χ1) is 11.5. The highest BCUT2D eigenvalue weighted by atomic mass is 79.9. The monoisotopic (exact) mass is 392 g/mol. The van der Waals surface area contributed by atoms with Gasteiger partial charge in [0.2, 0.25) is 5.76 Å². The van der Waals surface area contributed by atoms with Gasteiger partial charge in [0.15, 0.2) is 5.76 Å². The van der Waals surface area contributed by atoms with Crippen molar-refractivity contribution in [1.29, 1.82) is 0 Å². The second-order valence-corrected chi connectivity index (χ2v) is 6.00. The maximum Gasteiger partial charge on any atom is 0.328 e. The highest BCUT2D eigenvalue weighted by Gasteiger charge is 2.21. The van der Waals surface area contributed by atoms with Gasteiger partial charge in [0.1, 0.15) is 17.3 Å². The van der Waals surface area contributed by atoms with Crippen LogP contribution in [-0.2, 0) is 9.53 Å². The summed E-state index contributed by atoms with van der Waals surface area (Å²) in [5.41, 5.74) is 1.08. The maximum absolute atomic E-state index is 12.0. The van der Waals surface area contributed by atoms with Crippen LogP contribution in [0.5, 0.6) is 0 Å². The number of fused-ring (bicyclic) bond motifs is 1. The Morgan fingerprint density at radius 2 is 2.08 bits per heavy atom. The zero-order valence-corrected chi connectivity index (χ0v) is 14.4. The second-order valence-electron chi connectivity index (χ2n) is 5.09. The van der Waals surface area contributed by atoms with Crippen LogP contribution in [0.1, 0.15) is 17.5 Å². The molecule has 0 saturated carbocycles. The van der Waals surface area contributed by atoms with E-state index >= 15 is 0 Å². The first kappa shape index (κ1) is 16.3. The number of carbonyl (C=O) groups excluding carboxylic acids is 2. The van der Waals surface area contributed by atoms with Crippen LogP contribution in [0.3, 0.4) is 0 Å². The summed E-state index contributed by atoms with van der Waals surface area (Å²) in [6.45, 7) is 1.51. The molecule has 0 fully saturated rings. The molecular formula is C16H13BrN2O5. The molecule has 0 aliphatic rings. The molecule has 0 aliphatic heterocycles. The van der Waals surface area contributed by atoms with Crippen LogP contribution < -0.4 is 5.32 Å². The van der Waals surface area contributed by atoms with E-state index in [2.05, 4.69) is 31.1 Å². The van der Waals surface area contributed by atoms with E-state index in [1.165, 1.54) is 20.1 Å². The van der Waals surface area contributed by atoms with Crippen LogP contribution >= 0.6 is 15.9 Å². The summed E-state index contributed by atoms with van der Waals surface area (Å²) in [7, 11) is 1.25. The van der Waals surface area contributed by atoms with Crippen molar-refractivity contribution in [2.45, 2.75) is 13.0 Å². The predicted molar refractivity (Wildman–Crippen MR) is 88.4 cm³/mol. The Morgan fingerprint density at radius 1 is 1.29 bits per heavy atom. The number of methoxy groups -OCH3 is 1. The molecule has 7 nitrogen and oxygen atoms in total. The summed E-state index contributed by atoms with van der Waals surface area (Å²) in [5.74, 6) is -0.661. The van der Waals surface area contributed by atoms with Crippen LogP contribution in [0.2, 0.25) is 0 Å². The molecule has 124 valence electrons. The molecule has 0 spiro atoms. The van der Waals surface area contributed by atoms with E-state index in [4.69, 9.17) is 8.94 Å². The van der Waals surface area contributed by atoms with E-state index in [1.807, 2.05) is 18.2 Å². The molecule has 0 radical (unpaired) electrons. The molecule has 1 atom stereocenters. The molecule has 2 aromatic heterocycles. The summed E-state index contributed by atoms with van der Waals surface area (Å²) in [6.07, 6.45) is 0. The lowest BCUT2D eigenvalue weighted by molar-refractivity contribution is -0.142. The number of halogens is 1. The third-order valence-electron chi connectivity index (χ3n) is 3.37. The van der Waals surface area contributed by atoms with Gasteiger partial charge in [0.25, 0.3) is 5.91 Å². The van der Waals surface area contributed by atoms with E-state index in [9.17, 15) is 9.59 Å². The topological polar surface area (TPSA) is 94.6 Å². The van der Waals surface area contributed by atoms with Crippen LogP contribution in [0.25, 0.3) is 22.4 Å². The third-order valence-corrected chi connectivity index (χ3v) is 3.86. The van der Waals surface area contributed by atoms with Crippen molar-refractivity contribution in [2.24, 2.45) is 0 Å². The lowest BCUT2D eigenvalue weighted by atomic mass is 10.2. The standard InChI is InChI=1S/C16H13BrN2O5/c1-8(16(21)22-2)18-15(20)14-7-11(19-24-14)13-6-9-5-10(17)3-4-12(9)23-13/h3-8H,1-2H3,(H,18,20)/t8-/m1/s1. The molecule has 3 rings (SSSR count). The number of furan rings is 1. The smallest absolute Gasteiger partial charge is 0.328 e. The molecule has 2 heterocycles. The van der Waals surface area contributed by atoms with Gasteiger partial charge in [-0.3, -0.25) is 4.79 Å². The number of nitrogens with zero attached hydrogens (tertiary/aromatic N) is 1. The van der Waals surface area contributed by atoms with Crippen molar-refractivity contribution in [1.82, 2.24) is 10.5 Å². The van der Waals surface area contributed by atoms with E-state index in [1.54, 1.807) is 6.07 Å². The zero-order valence-electron chi connectivity index (χ0n) is 12.8. The van der Waals surface area contributed by atoms with Crippen LogP contribution in [0.15, 0.2) is 43.7 Å². The molecule has 0 aliphatic carbocycles. The summed E-state index contributed by atoms with van der Waals surface area (Å²) in [4.78, 5) is 23.4. The van der Waals surface area contributed by atoms with Crippen molar-refractivity contribution in [2.75, 3.05) is 7.11 Å². The highest BCUT2D eigenvalue weighted by molar-refractivity contribution is 9.10. The van der Waals surface area contributed by atoms with Gasteiger partial charge < -0.3 is 19.0 Å². The van der Waals surface area contributed by atoms with Gasteiger partial charge in [-0.05, 0) is 31.2 Å². The van der Waals surface area contributed by atoms with Crippen molar-refractivity contribution in [3.8, 4) is 11.5 Å². The summed E-state index contributed by atoms with van der Waals surface area (Å²) >= 11 is 3.39. The molecule has 1 N–H and O–H groups in total.